The number of benzene rings is 1. The molecule has 0 aliphatic heterocycles. The first-order valence-corrected chi connectivity index (χ1v) is 5.11. The summed E-state index contributed by atoms with van der Waals surface area (Å²) in [6.07, 6.45) is -0.392. The zero-order valence-electron chi connectivity index (χ0n) is 9.17. The molecule has 0 amide bonds. The molecule has 1 rings (SSSR count). The van der Waals surface area contributed by atoms with Crippen molar-refractivity contribution in [3.8, 4) is 0 Å². The normalized spacial score (nSPS) is 12.9. The van der Waals surface area contributed by atoms with E-state index in [4.69, 9.17) is 0 Å². The topological polar surface area (TPSA) is 32.3 Å². The van der Waals surface area contributed by atoms with Crippen LogP contribution in [0.1, 0.15) is 29.7 Å². The van der Waals surface area contributed by atoms with Gasteiger partial charge in [-0.1, -0.05) is 25.1 Å². The van der Waals surface area contributed by atoms with Gasteiger partial charge in [0, 0.05) is 6.54 Å². The maximum atomic E-state index is 9.95. The first-order valence-electron chi connectivity index (χ1n) is 5.11. The van der Waals surface area contributed by atoms with Crippen molar-refractivity contribution < 1.29 is 5.11 Å². The van der Waals surface area contributed by atoms with Crippen molar-refractivity contribution in [2.45, 2.75) is 26.9 Å². The Kier molecular flexibility index (Phi) is 4.11. The Hall–Kier alpha value is -0.860. The summed E-state index contributed by atoms with van der Waals surface area (Å²) < 4.78 is 0. The molecule has 14 heavy (non-hydrogen) atoms. The average molecular weight is 193 g/mol. The molecule has 1 unspecified atom stereocenters. The van der Waals surface area contributed by atoms with Gasteiger partial charge in [0.2, 0.25) is 0 Å². The molecule has 0 aliphatic carbocycles. The molecular weight excluding hydrogens is 174 g/mol. The lowest BCUT2D eigenvalue weighted by molar-refractivity contribution is 0.174. The first-order chi connectivity index (χ1) is 6.66. The van der Waals surface area contributed by atoms with Crippen molar-refractivity contribution in [3.05, 3.63) is 34.9 Å². The second kappa shape index (κ2) is 5.13. The van der Waals surface area contributed by atoms with Gasteiger partial charge in [-0.25, -0.2) is 0 Å². The van der Waals surface area contributed by atoms with Crippen LogP contribution >= 0.6 is 0 Å². The number of likely N-dealkylation sites (N-methyl/N-ethyl adjacent to an activating group) is 1. The molecule has 0 saturated carbocycles. The SMILES string of the molecule is CCNCC(O)c1c(C)cccc1C. The third-order valence-corrected chi connectivity index (χ3v) is 2.46. The smallest absolute Gasteiger partial charge is 0.0919 e. The van der Waals surface area contributed by atoms with Crippen LogP contribution in [-0.4, -0.2) is 18.2 Å². The molecule has 0 bridgehead atoms. The van der Waals surface area contributed by atoms with Crippen molar-refractivity contribution in [3.63, 3.8) is 0 Å². The van der Waals surface area contributed by atoms with E-state index in [0.29, 0.717) is 6.54 Å². The molecule has 2 N–H and O–H groups in total. The molecule has 2 heteroatoms. The zero-order chi connectivity index (χ0) is 10.6. The number of aliphatic hydroxyl groups is 1. The van der Waals surface area contributed by atoms with Gasteiger partial charge >= 0.3 is 0 Å². The van der Waals surface area contributed by atoms with Gasteiger partial charge in [-0.15, -0.1) is 0 Å². The van der Waals surface area contributed by atoms with Crippen LogP contribution in [0.3, 0.4) is 0 Å². The van der Waals surface area contributed by atoms with Crippen molar-refractivity contribution >= 4 is 0 Å². The maximum Gasteiger partial charge on any atom is 0.0919 e. The summed E-state index contributed by atoms with van der Waals surface area (Å²) in [5.41, 5.74) is 3.39. The molecule has 0 aliphatic rings. The van der Waals surface area contributed by atoms with E-state index in [1.165, 1.54) is 0 Å². The van der Waals surface area contributed by atoms with Crippen LogP contribution in [0.15, 0.2) is 18.2 Å². The third-order valence-electron chi connectivity index (χ3n) is 2.46. The highest BCUT2D eigenvalue weighted by atomic mass is 16.3. The summed E-state index contributed by atoms with van der Waals surface area (Å²) in [7, 11) is 0. The summed E-state index contributed by atoms with van der Waals surface area (Å²) in [6, 6.07) is 6.10. The van der Waals surface area contributed by atoms with Crippen LogP contribution in [0.4, 0.5) is 0 Å². The van der Waals surface area contributed by atoms with E-state index in [9.17, 15) is 5.11 Å². The van der Waals surface area contributed by atoms with Crippen molar-refractivity contribution in [2.24, 2.45) is 0 Å². The highest BCUT2D eigenvalue weighted by Crippen LogP contribution is 2.20. The lowest BCUT2D eigenvalue weighted by atomic mass is 9.98. The van der Waals surface area contributed by atoms with Crippen LogP contribution in [0.5, 0.6) is 0 Å². The van der Waals surface area contributed by atoms with E-state index in [1.54, 1.807) is 0 Å². The van der Waals surface area contributed by atoms with E-state index >= 15 is 0 Å². The Bertz CT molecular complexity index is 276. The minimum atomic E-state index is -0.392. The van der Waals surface area contributed by atoms with Gasteiger partial charge in [0.05, 0.1) is 6.10 Å². The molecule has 1 atom stereocenters. The Labute approximate surface area is 86.0 Å². The van der Waals surface area contributed by atoms with Crippen LogP contribution < -0.4 is 5.32 Å². The number of hydrogen-bond acceptors (Lipinski definition) is 2. The summed E-state index contributed by atoms with van der Waals surface area (Å²) in [5, 5.41) is 13.1. The fraction of sp³-hybridized carbons (Fsp3) is 0.500. The highest BCUT2D eigenvalue weighted by molar-refractivity contribution is 5.35. The summed E-state index contributed by atoms with van der Waals surface area (Å²) in [5.74, 6) is 0. The number of aryl methyl sites for hydroxylation is 2. The molecule has 1 aromatic rings. The molecular formula is C12H19NO. The van der Waals surface area contributed by atoms with Gasteiger partial charge in [0.25, 0.3) is 0 Å². The summed E-state index contributed by atoms with van der Waals surface area (Å²) in [6.45, 7) is 7.64. The van der Waals surface area contributed by atoms with Crippen LogP contribution in [0.25, 0.3) is 0 Å². The van der Waals surface area contributed by atoms with E-state index in [0.717, 1.165) is 23.2 Å². The van der Waals surface area contributed by atoms with E-state index in [1.807, 2.05) is 39.0 Å². The minimum absolute atomic E-state index is 0.392. The van der Waals surface area contributed by atoms with Gasteiger partial charge < -0.3 is 10.4 Å². The summed E-state index contributed by atoms with van der Waals surface area (Å²) in [4.78, 5) is 0. The van der Waals surface area contributed by atoms with Crippen LogP contribution in [0.2, 0.25) is 0 Å². The number of rotatable bonds is 4. The Morgan fingerprint density at radius 2 is 1.86 bits per heavy atom. The Morgan fingerprint density at radius 1 is 1.29 bits per heavy atom. The number of aliphatic hydroxyl groups excluding tert-OH is 1. The predicted molar refractivity (Wildman–Crippen MR) is 59.4 cm³/mol. The fourth-order valence-corrected chi connectivity index (χ4v) is 1.74. The maximum absolute atomic E-state index is 9.95. The van der Waals surface area contributed by atoms with Gasteiger partial charge in [-0.3, -0.25) is 0 Å². The molecule has 78 valence electrons. The fourth-order valence-electron chi connectivity index (χ4n) is 1.74. The monoisotopic (exact) mass is 193 g/mol. The van der Waals surface area contributed by atoms with E-state index in [2.05, 4.69) is 5.32 Å². The standard InChI is InChI=1S/C12H19NO/c1-4-13-8-11(14)12-9(2)6-5-7-10(12)3/h5-7,11,13-14H,4,8H2,1-3H3. The van der Waals surface area contributed by atoms with Crippen molar-refractivity contribution in [2.75, 3.05) is 13.1 Å². The zero-order valence-corrected chi connectivity index (χ0v) is 9.17. The highest BCUT2D eigenvalue weighted by Gasteiger charge is 2.11. The number of hydrogen-bond donors (Lipinski definition) is 2. The molecule has 0 radical (unpaired) electrons. The molecule has 0 saturated heterocycles. The molecule has 0 aromatic heterocycles. The van der Waals surface area contributed by atoms with E-state index in [-0.39, 0.29) is 0 Å². The van der Waals surface area contributed by atoms with Gasteiger partial charge in [0.15, 0.2) is 0 Å². The van der Waals surface area contributed by atoms with E-state index < -0.39 is 6.10 Å². The lowest BCUT2D eigenvalue weighted by Gasteiger charge is -2.16. The largest absolute Gasteiger partial charge is 0.387 e. The Balaban J connectivity index is 2.82. The average Bonchev–Trinajstić information content (AvgIpc) is 2.14. The third kappa shape index (κ3) is 2.56. The number of nitrogens with one attached hydrogen (secondary N) is 1. The van der Waals surface area contributed by atoms with Crippen LogP contribution in [-0.2, 0) is 0 Å². The van der Waals surface area contributed by atoms with Crippen LogP contribution in [0, 0.1) is 13.8 Å². The summed E-state index contributed by atoms with van der Waals surface area (Å²) >= 11 is 0. The van der Waals surface area contributed by atoms with Gasteiger partial charge in [-0.05, 0) is 37.1 Å². The van der Waals surface area contributed by atoms with Gasteiger partial charge in [0.1, 0.15) is 0 Å². The lowest BCUT2D eigenvalue weighted by Crippen LogP contribution is -2.22. The van der Waals surface area contributed by atoms with Crippen molar-refractivity contribution in [1.82, 2.24) is 5.32 Å². The second-order valence-electron chi connectivity index (χ2n) is 3.63. The molecule has 2 nitrogen and oxygen atoms in total. The quantitative estimate of drug-likeness (QED) is 0.766. The first kappa shape index (κ1) is 11.2. The Morgan fingerprint density at radius 3 is 2.36 bits per heavy atom. The van der Waals surface area contributed by atoms with Gasteiger partial charge in [-0.2, -0.15) is 0 Å². The van der Waals surface area contributed by atoms with Crippen molar-refractivity contribution in [1.29, 1.82) is 0 Å². The molecule has 1 aromatic carbocycles. The minimum Gasteiger partial charge on any atom is -0.387 e. The predicted octanol–water partition coefficient (Wildman–Crippen LogP) is 1.95. The molecule has 0 fully saturated rings. The molecule has 0 spiro atoms. The second-order valence-corrected chi connectivity index (χ2v) is 3.63. The molecule has 0 heterocycles.